The molecule has 4 heteroatoms. The van der Waals surface area contributed by atoms with Gasteiger partial charge in [0, 0.05) is 29.7 Å². The lowest BCUT2D eigenvalue weighted by atomic mass is 10.2. The molecule has 0 saturated heterocycles. The first-order valence-corrected chi connectivity index (χ1v) is 6.98. The lowest BCUT2D eigenvalue weighted by Crippen LogP contribution is -2.23. The molecular formula is C14H18Cl2N2. The van der Waals surface area contributed by atoms with Crippen molar-refractivity contribution in [3.63, 3.8) is 0 Å². The molecule has 2 aromatic rings. The average Bonchev–Trinajstić information content (AvgIpc) is 2.67. The van der Waals surface area contributed by atoms with Crippen molar-refractivity contribution in [2.75, 3.05) is 13.1 Å². The third-order valence-corrected chi connectivity index (χ3v) is 3.42. The molecule has 0 aliphatic rings. The van der Waals surface area contributed by atoms with Gasteiger partial charge < -0.3 is 9.88 Å². The Kier molecular flexibility index (Phi) is 4.55. The number of benzene rings is 1. The zero-order valence-electron chi connectivity index (χ0n) is 10.7. The van der Waals surface area contributed by atoms with E-state index in [1.807, 2.05) is 12.1 Å². The van der Waals surface area contributed by atoms with E-state index in [-0.39, 0.29) is 0 Å². The molecule has 0 atom stereocenters. The zero-order chi connectivity index (χ0) is 13.1. The summed E-state index contributed by atoms with van der Waals surface area (Å²) in [6, 6.07) is 5.79. The Morgan fingerprint density at radius 1 is 1.28 bits per heavy atom. The first kappa shape index (κ1) is 13.7. The van der Waals surface area contributed by atoms with Crippen LogP contribution in [0.3, 0.4) is 0 Å². The molecule has 0 aliphatic carbocycles. The maximum Gasteiger partial charge on any atom is 0.0514 e. The van der Waals surface area contributed by atoms with Crippen molar-refractivity contribution in [1.29, 1.82) is 0 Å². The Morgan fingerprint density at radius 2 is 2.06 bits per heavy atom. The third kappa shape index (κ3) is 3.19. The molecule has 0 aliphatic heterocycles. The minimum Gasteiger partial charge on any atom is -0.346 e. The van der Waals surface area contributed by atoms with Gasteiger partial charge in [-0.05, 0) is 30.7 Å². The molecule has 2 nitrogen and oxygen atoms in total. The van der Waals surface area contributed by atoms with E-state index >= 15 is 0 Å². The SMILES string of the molecule is CC(C)CNCCn1ccc2c(Cl)cc(Cl)cc21. The minimum absolute atomic E-state index is 0.676. The predicted octanol–water partition coefficient (Wildman–Crippen LogP) is 4.19. The number of aromatic nitrogens is 1. The summed E-state index contributed by atoms with van der Waals surface area (Å²) in [6.07, 6.45) is 2.06. The topological polar surface area (TPSA) is 17.0 Å². The van der Waals surface area contributed by atoms with E-state index in [2.05, 4.69) is 29.9 Å². The molecule has 0 saturated carbocycles. The monoisotopic (exact) mass is 284 g/mol. The van der Waals surface area contributed by atoms with E-state index in [9.17, 15) is 0 Å². The molecule has 1 N–H and O–H groups in total. The summed E-state index contributed by atoms with van der Waals surface area (Å²) in [4.78, 5) is 0. The molecule has 1 aromatic heterocycles. The number of fused-ring (bicyclic) bond motifs is 1. The van der Waals surface area contributed by atoms with Gasteiger partial charge in [-0.3, -0.25) is 0 Å². The second kappa shape index (κ2) is 5.96. The maximum absolute atomic E-state index is 6.17. The van der Waals surface area contributed by atoms with E-state index in [0.29, 0.717) is 16.0 Å². The third-order valence-electron chi connectivity index (χ3n) is 2.89. The van der Waals surface area contributed by atoms with Gasteiger partial charge in [-0.15, -0.1) is 0 Å². The van der Waals surface area contributed by atoms with Gasteiger partial charge in [0.05, 0.1) is 10.5 Å². The summed E-state index contributed by atoms with van der Waals surface area (Å²) in [5.74, 6) is 0.676. The molecule has 0 radical (unpaired) electrons. The molecule has 0 fully saturated rings. The van der Waals surface area contributed by atoms with Crippen LogP contribution in [0.1, 0.15) is 13.8 Å². The summed E-state index contributed by atoms with van der Waals surface area (Å²) < 4.78 is 2.18. The first-order chi connectivity index (χ1) is 8.58. The highest BCUT2D eigenvalue weighted by atomic mass is 35.5. The van der Waals surface area contributed by atoms with Gasteiger partial charge in [-0.1, -0.05) is 37.0 Å². The fourth-order valence-electron chi connectivity index (χ4n) is 2.00. The van der Waals surface area contributed by atoms with E-state index in [4.69, 9.17) is 23.2 Å². The van der Waals surface area contributed by atoms with E-state index < -0.39 is 0 Å². The van der Waals surface area contributed by atoms with Crippen molar-refractivity contribution in [2.45, 2.75) is 20.4 Å². The Morgan fingerprint density at radius 3 is 2.78 bits per heavy atom. The van der Waals surface area contributed by atoms with Crippen LogP contribution in [0.2, 0.25) is 10.0 Å². The summed E-state index contributed by atoms with van der Waals surface area (Å²) in [5, 5.41) is 5.89. The van der Waals surface area contributed by atoms with Gasteiger partial charge in [0.25, 0.3) is 0 Å². The van der Waals surface area contributed by atoms with Crippen molar-refractivity contribution < 1.29 is 0 Å². The van der Waals surface area contributed by atoms with Crippen molar-refractivity contribution >= 4 is 34.1 Å². The standard InChI is InChI=1S/C14H18Cl2N2/c1-10(2)9-17-4-6-18-5-3-12-13(16)7-11(15)8-14(12)18/h3,5,7-8,10,17H,4,6,9H2,1-2H3. The van der Waals surface area contributed by atoms with Crippen molar-refractivity contribution in [2.24, 2.45) is 5.92 Å². The smallest absolute Gasteiger partial charge is 0.0514 e. The lowest BCUT2D eigenvalue weighted by molar-refractivity contribution is 0.529. The Hall–Kier alpha value is -0.700. The highest BCUT2D eigenvalue weighted by Crippen LogP contribution is 2.28. The van der Waals surface area contributed by atoms with Crippen LogP contribution in [0.25, 0.3) is 10.9 Å². The van der Waals surface area contributed by atoms with Crippen molar-refractivity contribution in [1.82, 2.24) is 9.88 Å². The second-order valence-corrected chi connectivity index (χ2v) is 5.77. The Bertz CT molecular complexity index is 532. The van der Waals surface area contributed by atoms with Crippen LogP contribution in [0.4, 0.5) is 0 Å². The summed E-state index contributed by atoms with van der Waals surface area (Å²) in [6.45, 7) is 7.33. The number of nitrogens with one attached hydrogen (secondary N) is 1. The van der Waals surface area contributed by atoms with Crippen LogP contribution in [0, 0.1) is 5.92 Å². The first-order valence-electron chi connectivity index (χ1n) is 6.22. The van der Waals surface area contributed by atoms with Gasteiger partial charge >= 0.3 is 0 Å². The highest BCUT2D eigenvalue weighted by Gasteiger charge is 2.06. The van der Waals surface area contributed by atoms with Crippen LogP contribution in [0.15, 0.2) is 24.4 Å². The molecule has 0 unspecified atom stereocenters. The quantitative estimate of drug-likeness (QED) is 0.815. The molecule has 2 rings (SSSR count). The van der Waals surface area contributed by atoms with Crippen LogP contribution in [0.5, 0.6) is 0 Å². The van der Waals surface area contributed by atoms with Gasteiger partial charge in [-0.25, -0.2) is 0 Å². The van der Waals surface area contributed by atoms with Crippen LogP contribution in [-0.4, -0.2) is 17.7 Å². The predicted molar refractivity (Wildman–Crippen MR) is 79.7 cm³/mol. The number of halogens is 2. The van der Waals surface area contributed by atoms with Gasteiger partial charge in [-0.2, -0.15) is 0 Å². The van der Waals surface area contributed by atoms with Crippen LogP contribution in [-0.2, 0) is 6.54 Å². The molecule has 1 aromatic carbocycles. The number of nitrogens with zero attached hydrogens (tertiary/aromatic N) is 1. The minimum atomic E-state index is 0.676. The fourth-order valence-corrected chi connectivity index (χ4v) is 2.55. The lowest BCUT2D eigenvalue weighted by Gasteiger charge is -2.09. The molecule has 1 heterocycles. The molecule has 0 bridgehead atoms. The average molecular weight is 285 g/mol. The summed E-state index contributed by atoms with van der Waals surface area (Å²) >= 11 is 12.2. The van der Waals surface area contributed by atoms with E-state index in [0.717, 1.165) is 30.5 Å². The van der Waals surface area contributed by atoms with Gasteiger partial charge in [0.2, 0.25) is 0 Å². The molecular weight excluding hydrogens is 267 g/mol. The van der Waals surface area contributed by atoms with E-state index in [1.54, 1.807) is 6.07 Å². The van der Waals surface area contributed by atoms with Crippen LogP contribution < -0.4 is 5.32 Å². The molecule has 0 spiro atoms. The van der Waals surface area contributed by atoms with Gasteiger partial charge in [0.15, 0.2) is 0 Å². The normalized spacial score (nSPS) is 11.6. The molecule has 98 valence electrons. The van der Waals surface area contributed by atoms with Gasteiger partial charge in [0.1, 0.15) is 0 Å². The van der Waals surface area contributed by atoms with Crippen molar-refractivity contribution in [3.05, 3.63) is 34.4 Å². The zero-order valence-corrected chi connectivity index (χ0v) is 12.2. The van der Waals surface area contributed by atoms with Crippen molar-refractivity contribution in [3.8, 4) is 0 Å². The Labute approximate surface area is 118 Å². The van der Waals surface area contributed by atoms with E-state index in [1.165, 1.54) is 0 Å². The number of hydrogen-bond acceptors (Lipinski definition) is 1. The fraction of sp³-hybridized carbons (Fsp3) is 0.429. The summed E-state index contributed by atoms with van der Waals surface area (Å²) in [7, 11) is 0. The van der Waals surface area contributed by atoms with Crippen LogP contribution >= 0.6 is 23.2 Å². The molecule has 0 amide bonds. The maximum atomic E-state index is 6.17. The largest absolute Gasteiger partial charge is 0.346 e. The summed E-state index contributed by atoms with van der Waals surface area (Å²) in [5.41, 5.74) is 1.10. The number of rotatable bonds is 5. The Balaban J connectivity index is 2.09. The molecule has 18 heavy (non-hydrogen) atoms. The highest BCUT2D eigenvalue weighted by molar-refractivity contribution is 6.38. The second-order valence-electron chi connectivity index (χ2n) is 4.93. The number of hydrogen-bond donors (Lipinski definition) is 1.